The van der Waals surface area contributed by atoms with Crippen LogP contribution in [-0.4, -0.2) is 57.8 Å². The van der Waals surface area contributed by atoms with Crippen molar-refractivity contribution >= 4 is 6.03 Å². The molecule has 0 saturated carbocycles. The summed E-state index contributed by atoms with van der Waals surface area (Å²) in [6.45, 7) is 6.16. The zero-order valence-corrected chi connectivity index (χ0v) is 14.4. The number of hydrogen-bond donors (Lipinski definition) is 1. The van der Waals surface area contributed by atoms with Crippen LogP contribution in [0.3, 0.4) is 0 Å². The molecule has 3 heterocycles. The van der Waals surface area contributed by atoms with Crippen molar-refractivity contribution in [3.8, 4) is 0 Å². The zero-order chi connectivity index (χ0) is 16.2. The molecular formula is C17H29N5O. The standard InChI is InChI=1S/C17H29N5O/c1-14(15-11-18-20(2)12-15)19-17(23)22-10-4-3-7-16(13-22)21-8-5-6-9-21/h11-12,14,16H,3-10,13H2,1-2H3,(H,19,23)/t14-,16+/m0/s1. The predicted octanol–water partition coefficient (Wildman–Crippen LogP) is 2.14. The molecule has 1 aromatic rings. The fraction of sp³-hybridized carbons (Fsp3) is 0.765. The molecule has 2 saturated heterocycles. The van der Waals surface area contributed by atoms with E-state index < -0.39 is 0 Å². The quantitative estimate of drug-likeness (QED) is 0.929. The zero-order valence-electron chi connectivity index (χ0n) is 14.4. The van der Waals surface area contributed by atoms with Crippen LogP contribution in [0.4, 0.5) is 4.79 Å². The summed E-state index contributed by atoms with van der Waals surface area (Å²) in [5, 5.41) is 7.32. The Bertz CT molecular complexity index is 523. The maximum Gasteiger partial charge on any atom is 0.317 e. The van der Waals surface area contributed by atoms with E-state index in [-0.39, 0.29) is 12.1 Å². The van der Waals surface area contributed by atoms with E-state index in [1.54, 1.807) is 4.68 Å². The lowest BCUT2D eigenvalue weighted by atomic mass is 10.1. The van der Waals surface area contributed by atoms with Crippen molar-refractivity contribution in [1.82, 2.24) is 24.9 Å². The number of carbonyl (C=O) groups excluding carboxylic acids is 1. The minimum Gasteiger partial charge on any atom is -0.331 e. The van der Waals surface area contributed by atoms with E-state index in [9.17, 15) is 4.79 Å². The molecule has 0 unspecified atom stereocenters. The molecule has 128 valence electrons. The first-order valence-electron chi connectivity index (χ1n) is 8.91. The summed E-state index contributed by atoms with van der Waals surface area (Å²) in [7, 11) is 1.90. The van der Waals surface area contributed by atoms with Crippen LogP contribution in [0.1, 0.15) is 50.6 Å². The van der Waals surface area contributed by atoms with Gasteiger partial charge in [-0.05, 0) is 45.7 Å². The monoisotopic (exact) mass is 319 g/mol. The highest BCUT2D eigenvalue weighted by Crippen LogP contribution is 2.21. The van der Waals surface area contributed by atoms with Crippen molar-refractivity contribution in [2.24, 2.45) is 7.05 Å². The van der Waals surface area contributed by atoms with Gasteiger partial charge in [-0.25, -0.2) is 4.79 Å². The van der Waals surface area contributed by atoms with Gasteiger partial charge in [0, 0.05) is 37.9 Å². The van der Waals surface area contributed by atoms with Crippen LogP contribution in [0, 0.1) is 0 Å². The summed E-state index contributed by atoms with van der Waals surface area (Å²) < 4.78 is 1.77. The molecule has 0 spiro atoms. The van der Waals surface area contributed by atoms with Gasteiger partial charge in [0.1, 0.15) is 0 Å². The van der Waals surface area contributed by atoms with Crippen molar-refractivity contribution in [2.45, 2.75) is 51.1 Å². The first kappa shape index (κ1) is 16.3. The molecule has 2 aliphatic heterocycles. The number of likely N-dealkylation sites (tertiary alicyclic amines) is 2. The summed E-state index contributed by atoms with van der Waals surface area (Å²) >= 11 is 0. The number of carbonyl (C=O) groups is 1. The average molecular weight is 319 g/mol. The molecule has 2 aliphatic rings. The maximum atomic E-state index is 12.7. The smallest absolute Gasteiger partial charge is 0.317 e. The Hall–Kier alpha value is -1.56. The molecule has 6 nitrogen and oxygen atoms in total. The van der Waals surface area contributed by atoms with Gasteiger partial charge in [-0.15, -0.1) is 0 Å². The van der Waals surface area contributed by atoms with E-state index in [1.807, 2.05) is 31.3 Å². The van der Waals surface area contributed by atoms with Gasteiger partial charge < -0.3 is 10.2 Å². The van der Waals surface area contributed by atoms with Gasteiger partial charge in [0.15, 0.2) is 0 Å². The molecule has 6 heteroatoms. The third-order valence-electron chi connectivity index (χ3n) is 5.16. The number of hydrogen-bond acceptors (Lipinski definition) is 3. The lowest BCUT2D eigenvalue weighted by molar-refractivity contribution is 0.164. The van der Waals surface area contributed by atoms with Gasteiger partial charge in [-0.3, -0.25) is 9.58 Å². The third-order valence-corrected chi connectivity index (χ3v) is 5.16. The largest absolute Gasteiger partial charge is 0.331 e. The predicted molar refractivity (Wildman–Crippen MR) is 90.2 cm³/mol. The van der Waals surface area contributed by atoms with Crippen LogP contribution in [0.15, 0.2) is 12.4 Å². The molecule has 1 aromatic heterocycles. The average Bonchev–Trinajstić information content (AvgIpc) is 3.14. The van der Waals surface area contributed by atoms with E-state index in [1.165, 1.54) is 38.8 Å². The van der Waals surface area contributed by atoms with Gasteiger partial charge in [0.05, 0.1) is 12.2 Å². The molecule has 1 N–H and O–H groups in total. The number of nitrogens with zero attached hydrogens (tertiary/aromatic N) is 4. The molecule has 3 rings (SSSR count). The fourth-order valence-electron chi connectivity index (χ4n) is 3.73. The molecule has 0 aliphatic carbocycles. The van der Waals surface area contributed by atoms with E-state index in [0.717, 1.165) is 25.1 Å². The fourth-order valence-corrected chi connectivity index (χ4v) is 3.73. The minimum atomic E-state index is -0.00955. The number of urea groups is 1. The Morgan fingerprint density at radius 1 is 1.26 bits per heavy atom. The molecule has 0 aromatic carbocycles. The highest BCUT2D eigenvalue weighted by Gasteiger charge is 2.28. The Labute approximate surface area is 138 Å². The van der Waals surface area contributed by atoms with E-state index in [4.69, 9.17) is 0 Å². The molecule has 2 atom stereocenters. The van der Waals surface area contributed by atoms with Gasteiger partial charge in [0.2, 0.25) is 0 Å². The third kappa shape index (κ3) is 4.05. The van der Waals surface area contributed by atoms with Crippen LogP contribution in [0.2, 0.25) is 0 Å². The molecule has 2 fully saturated rings. The van der Waals surface area contributed by atoms with Crippen LogP contribution in [-0.2, 0) is 7.05 Å². The second kappa shape index (κ2) is 7.34. The van der Waals surface area contributed by atoms with Gasteiger partial charge in [0.25, 0.3) is 0 Å². The van der Waals surface area contributed by atoms with Crippen molar-refractivity contribution in [1.29, 1.82) is 0 Å². The highest BCUT2D eigenvalue weighted by molar-refractivity contribution is 5.74. The Kier molecular flexibility index (Phi) is 5.20. The van der Waals surface area contributed by atoms with Gasteiger partial charge in [-0.1, -0.05) is 6.42 Å². The molecule has 23 heavy (non-hydrogen) atoms. The number of aryl methyl sites for hydroxylation is 1. The Morgan fingerprint density at radius 2 is 2.00 bits per heavy atom. The molecule has 2 amide bonds. The van der Waals surface area contributed by atoms with Crippen LogP contribution < -0.4 is 5.32 Å². The second-order valence-electron chi connectivity index (χ2n) is 6.96. The number of nitrogens with one attached hydrogen (secondary N) is 1. The summed E-state index contributed by atoms with van der Waals surface area (Å²) in [5.41, 5.74) is 1.05. The molecule has 0 radical (unpaired) electrons. The first-order chi connectivity index (χ1) is 11.1. The van der Waals surface area contributed by atoms with Crippen molar-refractivity contribution in [3.63, 3.8) is 0 Å². The molecular weight excluding hydrogens is 290 g/mol. The number of amides is 2. The highest BCUT2D eigenvalue weighted by atomic mass is 16.2. The van der Waals surface area contributed by atoms with Crippen LogP contribution in [0.25, 0.3) is 0 Å². The Balaban J connectivity index is 1.58. The maximum absolute atomic E-state index is 12.7. The summed E-state index contributed by atoms with van der Waals surface area (Å²) in [5.74, 6) is 0. The minimum absolute atomic E-state index is 0.00955. The van der Waals surface area contributed by atoms with Gasteiger partial charge in [-0.2, -0.15) is 5.10 Å². The Morgan fingerprint density at radius 3 is 2.70 bits per heavy atom. The summed E-state index contributed by atoms with van der Waals surface area (Å²) in [6, 6.07) is 0.594. The first-order valence-corrected chi connectivity index (χ1v) is 8.91. The SMILES string of the molecule is C[C@H](NC(=O)N1CCCC[C@@H](N2CCCC2)C1)c1cnn(C)c1. The van der Waals surface area contributed by atoms with Crippen molar-refractivity contribution < 1.29 is 4.79 Å². The van der Waals surface area contributed by atoms with E-state index in [2.05, 4.69) is 15.3 Å². The van der Waals surface area contributed by atoms with Crippen LogP contribution >= 0.6 is 0 Å². The molecule has 0 bridgehead atoms. The van der Waals surface area contributed by atoms with Crippen molar-refractivity contribution in [3.05, 3.63) is 18.0 Å². The van der Waals surface area contributed by atoms with E-state index in [0.29, 0.717) is 6.04 Å². The lowest BCUT2D eigenvalue weighted by Gasteiger charge is -2.31. The van der Waals surface area contributed by atoms with Crippen molar-refractivity contribution in [2.75, 3.05) is 26.2 Å². The van der Waals surface area contributed by atoms with E-state index >= 15 is 0 Å². The van der Waals surface area contributed by atoms with Gasteiger partial charge >= 0.3 is 6.03 Å². The number of aromatic nitrogens is 2. The second-order valence-corrected chi connectivity index (χ2v) is 6.96. The normalized spacial score (nSPS) is 24.4. The number of rotatable bonds is 3. The topological polar surface area (TPSA) is 53.4 Å². The lowest BCUT2D eigenvalue weighted by Crippen LogP contribution is -2.47. The summed E-state index contributed by atoms with van der Waals surface area (Å²) in [6.07, 6.45) is 9.95. The summed E-state index contributed by atoms with van der Waals surface area (Å²) in [4.78, 5) is 17.3. The van der Waals surface area contributed by atoms with Crippen LogP contribution in [0.5, 0.6) is 0 Å².